The number of rotatable bonds is 3. The molecule has 0 spiro atoms. The summed E-state index contributed by atoms with van der Waals surface area (Å²) < 4.78 is 26.9. The summed E-state index contributed by atoms with van der Waals surface area (Å²) in [5, 5.41) is 0. The molecule has 0 N–H and O–H groups in total. The van der Waals surface area contributed by atoms with E-state index in [1.807, 2.05) is 43.3 Å². The van der Waals surface area contributed by atoms with E-state index >= 15 is 0 Å². The molecule has 0 aliphatic heterocycles. The first-order valence-electron chi connectivity index (χ1n) is 5.97. The predicted molar refractivity (Wildman–Crippen MR) is 76.1 cm³/mol. The van der Waals surface area contributed by atoms with Crippen LogP contribution in [-0.2, 0) is 0 Å². The Morgan fingerprint density at radius 2 is 1.53 bits per heavy atom. The molecule has 0 saturated heterocycles. The van der Waals surface area contributed by atoms with E-state index in [0.29, 0.717) is 0 Å². The molecule has 0 saturated carbocycles. The van der Waals surface area contributed by atoms with Crippen molar-refractivity contribution in [2.24, 2.45) is 0 Å². The monoisotopic (exact) mass is 259 g/mol. The largest absolute Gasteiger partial charge is 0.378 e. The number of nitrogens with zero attached hydrogens (tertiary/aromatic N) is 1. The molecule has 0 radical (unpaired) electrons. The second-order valence-electron chi connectivity index (χ2n) is 4.46. The highest BCUT2D eigenvalue weighted by Crippen LogP contribution is 2.18. The van der Waals surface area contributed by atoms with Crippen molar-refractivity contribution < 1.29 is 8.78 Å². The topological polar surface area (TPSA) is 3.24 Å². The Hall–Kier alpha value is -2.16. The molecule has 2 aromatic rings. The van der Waals surface area contributed by atoms with E-state index in [0.717, 1.165) is 11.3 Å². The fraction of sp³-hybridized carbons (Fsp3) is 0.125. The summed E-state index contributed by atoms with van der Waals surface area (Å²) in [6.45, 7) is 0. The van der Waals surface area contributed by atoms with Gasteiger partial charge in [-0.1, -0.05) is 24.3 Å². The van der Waals surface area contributed by atoms with Gasteiger partial charge in [0.2, 0.25) is 0 Å². The number of anilines is 1. The fourth-order valence-corrected chi connectivity index (χ4v) is 1.76. The highest BCUT2D eigenvalue weighted by Gasteiger charge is 2.04. The van der Waals surface area contributed by atoms with Gasteiger partial charge in [0.15, 0.2) is 0 Å². The first-order chi connectivity index (χ1) is 9.08. The third kappa shape index (κ3) is 3.19. The predicted octanol–water partition coefficient (Wildman–Crippen LogP) is 4.20. The van der Waals surface area contributed by atoms with E-state index in [-0.39, 0.29) is 5.56 Å². The van der Waals surface area contributed by atoms with Crippen LogP contribution in [0.25, 0.3) is 12.2 Å². The molecule has 0 aliphatic rings. The van der Waals surface area contributed by atoms with Crippen molar-refractivity contribution in [2.75, 3.05) is 19.0 Å². The van der Waals surface area contributed by atoms with Gasteiger partial charge in [-0.05, 0) is 35.9 Å². The van der Waals surface area contributed by atoms with Gasteiger partial charge in [-0.2, -0.15) is 0 Å². The van der Waals surface area contributed by atoms with Crippen LogP contribution < -0.4 is 4.90 Å². The molecule has 0 bridgehead atoms. The zero-order valence-corrected chi connectivity index (χ0v) is 10.9. The van der Waals surface area contributed by atoms with Crippen molar-refractivity contribution in [1.29, 1.82) is 0 Å². The summed E-state index contributed by atoms with van der Waals surface area (Å²) in [6.07, 6.45) is 3.16. The van der Waals surface area contributed by atoms with Crippen molar-refractivity contribution in [3.8, 4) is 0 Å². The highest BCUT2D eigenvalue weighted by molar-refractivity contribution is 5.71. The smallest absolute Gasteiger partial charge is 0.133 e. The van der Waals surface area contributed by atoms with Crippen LogP contribution in [0, 0.1) is 11.6 Å². The molecular formula is C16H15F2N. The van der Waals surface area contributed by atoms with Crippen LogP contribution in [0.5, 0.6) is 0 Å². The lowest BCUT2D eigenvalue weighted by Gasteiger charge is -2.12. The summed E-state index contributed by atoms with van der Waals surface area (Å²) >= 11 is 0. The van der Waals surface area contributed by atoms with E-state index in [2.05, 4.69) is 0 Å². The quantitative estimate of drug-likeness (QED) is 0.747. The normalized spacial score (nSPS) is 10.9. The zero-order chi connectivity index (χ0) is 13.8. The highest BCUT2D eigenvalue weighted by atomic mass is 19.1. The minimum atomic E-state index is -0.556. The van der Waals surface area contributed by atoms with E-state index in [1.54, 1.807) is 6.08 Å². The molecule has 0 unspecified atom stereocenters. The van der Waals surface area contributed by atoms with Gasteiger partial charge < -0.3 is 4.90 Å². The molecule has 1 nitrogen and oxygen atoms in total. The van der Waals surface area contributed by atoms with Crippen molar-refractivity contribution in [3.05, 3.63) is 65.2 Å². The zero-order valence-electron chi connectivity index (χ0n) is 10.9. The van der Waals surface area contributed by atoms with Gasteiger partial charge in [0.05, 0.1) is 0 Å². The maximum absolute atomic E-state index is 13.5. The Labute approximate surface area is 111 Å². The van der Waals surface area contributed by atoms with Crippen molar-refractivity contribution in [1.82, 2.24) is 0 Å². The first kappa shape index (κ1) is 13.3. The van der Waals surface area contributed by atoms with Crippen LogP contribution in [0.3, 0.4) is 0 Å². The molecule has 0 atom stereocenters. The van der Waals surface area contributed by atoms with Crippen LogP contribution in [-0.4, -0.2) is 14.1 Å². The lowest BCUT2D eigenvalue weighted by atomic mass is 10.1. The van der Waals surface area contributed by atoms with E-state index in [9.17, 15) is 8.78 Å². The molecule has 2 aromatic carbocycles. The SMILES string of the molecule is CN(C)c1cccc(/C=C/c2c(F)cccc2F)c1. The third-order valence-electron chi connectivity index (χ3n) is 2.83. The van der Waals surface area contributed by atoms with Gasteiger partial charge in [0.1, 0.15) is 11.6 Å². The Bertz CT molecular complexity index is 583. The minimum Gasteiger partial charge on any atom is -0.378 e. The number of halogens is 2. The fourth-order valence-electron chi connectivity index (χ4n) is 1.76. The standard InChI is InChI=1S/C16H15F2N/c1-19(2)13-6-3-5-12(11-13)9-10-14-15(17)7-4-8-16(14)18/h3-11H,1-2H3/b10-9+. The summed E-state index contributed by atoms with van der Waals surface area (Å²) in [7, 11) is 3.89. The molecular weight excluding hydrogens is 244 g/mol. The Balaban J connectivity index is 2.30. The van der Waals surface area contributed by atoms with Crippen LogP contribution in [0.15, 0.2) is 42.5 Å². The lowest BCUT2D eigenvalue weighted by Crippen LogP contribution is -2.08. The van der Waals surface area contributed by atoms with Gasteiger partial charge in [-0.3, -0.25) is 0 Å². The molecule has 0 aliphatic carbocycles. The van der Waals surface area contributed by atoms with Crippen molar-refractivity contribution >= 4 is 17.8 Å². The average Bonchev–Trinajstić information content (AvgIpc) is 2.38. The van der Waals surface area contributed by atoms with Gasteiger partial charge in [0, 0.05) is 25.3 Å². The summed E-state index contributed by atoms with van der Waals surface area (Å²) in [5.41, 5.74) is 1.92. The Morgan fingerprint density at radius 1 is 0.895 bits per heavy atom. The number of hydrogen-bond acceptors (Lipinski definition) is 1. The van der Waals surface area contributed by atoms with Crippen LogP contribution in [0.2, 0.25) is 0 Å². The summed E-state index contributed by atoms with van der Waals surface area (Å²) in [6, 6.07) is 11.6. The Kier molecular flexibility index (Phi) is 3.95. The van der Waals surface area contributed by atoms with E-state index < -0.39 is 11.6 Å². The van der Waals surface area contributed by atoms with Crippen LogP contribution in [0.1, 0.15) is 11.1 Å². The van der Waals surface area contributed by atoms with Crippen molar-refractivity contribution in [3.63, 3.8) is 0 Å². The first-order valence-corrected chi connectivity index (χ1v) is 5.97. The minimum absolute atomic E-state index is 0.0160. The number of benzene rings is 2. The maximum Gasteiger partial charge on any atom is 0.133 e. The molecule has 0 heterocycles. The lowest BCUT2D eigenvalue weighted by molar-refractivity contribution is 0.579. The number of hydrogen-bond donors (Lipinski definition) is 0. The van der Waals surface area contributed by atoms with Crippen LogP contribution in [0.4, 0.5) is 14.5 Å². The maximum atomic E-state index is 13.5. The molecule has 0 aromatic heterocycles. The van der Waals surface area contributed by atoms with Gasteiger partial charge in [-0.25, -0.2) is 8.78 Å². The summed E-state index contributed by atoms with van der Waals surface area (Å²) in [5.74, 6) is -1.11. The third-order valence-corrected chi connectivity index (χ3v) is 2.83. The molecule has 2 rings (SSSR count). The van der Waals surface area contributed by atoms with Crippen LogP contribution >= 0.6 is 0 Å². The Morgan fingerprint density at radius 3 is 2.16 bits per heavy atom. The average molecular weight is 259 g/mol. The summed E-state index contributed by atoms with van der Waals surface area (Å²) in [4.78, 5) is 1.97. The second-order valence-corrected chi connectivity index (χ2v) is 4.46. The molecule has 19 heavy (non-hydrogen) atoms. The molecule has 3 heteroatoms. The van der Waals surface area contributed by atoms with E-state index in [4.69, 9.17) is 0 Å². The molecule has 0 amide bonds. The van der Waals surface area contributed by atoms with Gasteiger partial charge >= 0.3 is 0 Å². The molecule has 98 valence electrons. The van der Waals surface area contributed by atoms with Crippen molar-refractivity contribution in [2.45, 2.75) is 0 Å². The van der Waals surface area contributed by atoms with Gasteiger partial charge in [-0.15, -0.1) is 0 Å². The molecule has 0 fully saturated rings. The van der Waals surface area contributed by atoms with Gasteiger partial charge in [0.25, 0.3) is 0 Å². The van der Waals surface area contributed by atoms with E-state index in [1.165, 1.54) is 24.3 Å². The second kappa shape index (κ2) is 5.65.